The second kappa shape index (κ2) is 7.65. The van der Waals surface area contributed by atoms with E-state index in [-0.39, 0.29) is 0 Å². The first-order valence-corrected chi connectivity index (χ1v) is 6.45. The van der Waals surface area contributed by atoms with Crippen LogP contribution >= 0.6 is 11.8 Å². The topological polar surface area (TPSA) is 21.3 Å². The number of hydrogen-bond donors (Lipinski definition) is 1. The van der Waals surface area contributed by atoms with E-state index in [9.17, 15) is 0 Å². The molecule has 0 radical (unpaired) electrons. The Morgan fingerprint density at radius 1 is 1.54 bits per heavy atom. The van der Waals surface area contributed by atoms with Crippen molar-refractivity contribution in [3.8, 4) is 0 Å². The van der Waals surface area contributed by atoms with Gasteiger partial charge in [-0.2, -0.15) is 11.8 Å². The number of rotatable bonds is 7. The van der Waals surface area contributed by atoms with Crippen LogP contribution in [0.15, 0.2) is 0 Å². The van der Waals surface area contributed by atoms with E-state index in [4.69, 9.17) is 4.74 Å². The zero-order chi connectivity index (χ0) is 9.36. The molecule has 0 bridgehead atoms. The standard InChI is InChI=1S/C10H21NOS/c1-2-12-6-3-5-11-8-10-4-7-13-9-10/h10-11H,2-9H2,1H3. The molecule has 13 heavy (non-hydrogen) atoms. The van der Waals surface area contributed by atoms with E-state index in [2.05, 4.69) is 17.1 Å². The molecule has 1 atom stereocenters. The molecule has 1 rings (SSSR count). The van der Waals surface area contributed by atoms with E-state index in [1.165, 1.54) is 24.5 Å². The molecule has 3 heteroatoms. The summed E-state index contributed by atoms with van der Waals surface area (Å²) in [6, 6.07) is 0. The van der Waals surface area contributed by atoms with Crippen molar-refractivity contribution in [3.05, 3.63) is 0 Å². The molecular weight excluding hydrogens is 182 g/mol. The van der Waals surface area contributed by atoms with E-state index < -0.39 is 0 Å². The second-order valence-corrected chi connectivity index (χ2v) is 4.63. The summed E-state index contributed by atoms with van der Waals surface area (Å²) < 4.78 is 5.26. The Hall–Kier alpha value is 0.270. The van der Waals surface area contributed by atoms with Gasteiger partial charge < -0.3 is 10.1 Å². The summed E-state index contributed by atoms with van der Waals surface area (Å²) in [7, 11) is 0. The van der Waals surface area contributed by atoms with Crippen molar-refractivity contribution in [3.63, 3.8) is 0 Å². The molecule has 0 aromatic heterocycles. The lowest BCUT2D eigenvalue weighted by Gasteiger charge is -2.09. The highest BCUT2D eigenvalue weighted by Crippen LogP contribution is 2.22. The average molecular weight is 203 g/mol. The first kappa shape index (κ1) is 11.3. The molecule has 2 nitrogen and oxygen atoms in total. The van der Waals surface area contributed by atoms with Crippen LogP contribution in [0.2, 0.25) is 0 Å². The van der Waals surface area contributed by atoms with Gasteiger partial charge in [0.1, 0.15) is 0 Å². The molecule has 0 amide bonds. The lowest BCUT2D eigenvalue weighted by molar-refractivity contribution is 0.144. The van der Waals surface area contributed by atoms with Crippen LogP contribution in [0.1, 0.15) is 19.8 Å². The van der Waals surface area contributed by atoms with Gasteiger partial charge in [0.2, 0.25) is 0 Å². The van der Waals surface area contributed by atoms with E-state index in [0.717, 1.165) is 32.1 Å². The molecule has 1 heterocycles. The Morgan fingerprint density at radius 3 is 3.15 bits per heavy atom. The lowest BCUT2D eigenvalue weighted by atomic mass is 10.1. The van der Waals surface area contributed by atoms with Gasteiger partial charge in [-0.3, -0.25) is 0 Å². The summed E-state index contributed by atoms with van der Waals surface area (Å²) in [6.45, 7) is 6.12. The van der Waals surface area contributed by atoms with Crippen LogP contribution in [0.5, 0.6) is 0 Å². The van der Waals surface area contributed by atoms with Crippen LogP contribution in [0.3, 0.4) is 0 Å². The third kappa shape index (κ3) is 5.55. The molecule has 0 aromatic carbocycles. The largest absolute Gasteiger partial charge is 0.382 e. The zero-order valence-corrected chi connectivity index (χ0v) is 9.37. The van der Waals surface area contributed by atoms with Gasteiger partial charge in [-0.05, 0) is 50.3 Å². The van der Waals surface area contributed by atoms with Crippen molar-refractivity contribution in [1.29, 1.82) is 0 Å². The first-order valence-electron chi connectivity index (χ1n) is 5.29. The van der Waals surface area contributed by atoms with E-state index >= 15 is 0 Å². The van der Waals surface area contributed by atoms with Crippen LogP contribution < -0.4 is 5.32 Å². The second-order valence-electron chi connectivity index (χ2n) is 3.48. The predicted molar refractivity (Wildman–Crippen MR) is 59.4 cm³/mol. The van der Waals surface area contributed by atoms with Gasteiger partial charge in [0.25, 0.3) is 0 Å². The van der Waals surface area contributed by atoms with Gasteiger partial charge in [0.15, 0.2) is 0 Å². The van der Waals surface area contributed by atoms with Gasteiger partial charge >= 0.3 is 0 Å². The van der Waals surface area contributed by atoms with E-state index in [1.54, 1.807) is 0 Å². The van der Waals surface area contributed by atoms with Crippen LogP contribution in [-0.4, -0.2) is 37.8 Å². The number of nitrogens with one attached hydrogen (secondary N) is 1. The number of thioether (sulfide) groups is 1. The van der Waals surface area contributed by atoms with Gasteiger partial charge in [-0.25, -0.2) is 0 Å². The normalized spacial score (nSPS) is 22.4. The zero-order valence-electron chi connectivity index (χ0n) is 8.55. The highest BCUT2D eigenvalue weighted by molar-refractivity contribution is 7.99. The van der Waals surface area contributed by atoms with Crippen LogP contribution in [0.25, 0.3) is 0 Å². The minimum absolute atomic E-state index is 0.846. The summed E-state index contributed by atoms with van der Waals surface area (Å²) >= 11 is 2.09. The summed E-state index contributed by atoms with van der Waals surface area (Å²) in [5, 5.41) is 3.49. The molecule has 78 valence electrons. The average Bonchev–Trinajstić information content (AvgIpc) is 2.63. The molecule has 1 saturated heterocycles. The number of ether oxygens (including phenoxy) is 1. The molecule has 0 saturated carbocycles. The van der Waals surface area contributed by atoms with Crippen molar-refractivity contribution >= 4 is 11.8 Å². The third-order valence-electron chi connectivity index (χ3n) is 2.30. The maximum absolute atomic E-state index is 5.26. The Morgan fingerprint density at radius 2 is 2.46 bits per heavy atom. The summed E-state index contributed by atoms with van der Waals surface area (Å²) in [5.41, 5.74) is 0. The van der Waals surface area contributed by atoms with Gasteiger partial charge in [0, 0.05) is 13.2 Å². The molecule has 1 aliphatic rings. The monoisotopic (exact) mass is 203 g/mol. The minimum Gasteiger partial charge on any atom is -0.382 e. The minimum atomic E-state index is 0.846. The molecule has 1 aliphatic heterocycles. The Bertz CT molecular complexity index is 115. The Kier molecular flexibility index (Phi) is 6.68. The molecule has 1 N–H and O–H groups in total. The van der Waals surface area contributed by atoms with Gasteiger partial charge in [0.05, 0.1) is 0 Å². The molecule has 0 spiro atoms. The first-order chi connectivity index (χ1) is 6.43. The third-order valence-corrected chi connectivity index (χ3v) is 3.53. The summed E-state index contributed by atoms with van der Waals surface area (Å²) in [6.07, 6.45) is 2.55. The van der Waals surface area contributed by atoms with Crippen molar-refractivity contribution in [2.75, 3.05) is 37.8 Å². The highest BCUT2D eigenvalue weighted by Gasteiger charge is 2.13. The maximum atomic E-state index is 5.26. The number of hydrogen-bond acceptors (Lipinski definition) is 3. The van der Waals surface area contributed by atoms with Gasteiger partial charge in [-0.1, -0.05) is 0 Å². The lowest BCUT2D eigenvalue weighted by Crippen LogP contribution is -2.24. The summed E-state index contributed by atoms with van der Waals surface area (Å²) in [4.78, 5) is 0. The van der Waals surface area contributed by atoms with Crippen molar-refractivity contribution < 1.29 is 4.74 Å². The Labute approximate surface area is 85.8 Å². The van der Waals surface area contributed by atoms with E-state index in [1.807, 2.05) is 6.92 Å². The quantitative estimate of drug-likeness (QED) is 0.637. The van der Waals surface area contributed by atoms with Crippen molar-refractivity contribution in [1.82, 2.24) is 5.32 Å². The summed E-state index contributed by atoms with van der Waals surface area (Å²) in [5.74, 6) is 3.65. The fourth-order valence-corrected chi connectivity index (χ4v) is 2.78. The SMILES string of the molecule is CCOCCCNCC1CCSC1. The van der Waals surface area contributed by atoms with Crippen LogP contribution in [-0.2, 0) is 4.74 Å². The molecule has 1 fully saturated rings. The smallest absolute Gasteiger partial charge is 0.0477 e. The van der Waals surface area contributed by atoms with Crippen molar-refractivity contribution in [2.45, 2.75) is 19.8 Å². The van der Waals surface area contributed by atoms with Crippen molar-refractivity contribution in [2.24, 2.45) is 5.92 Å². The maximum Gasteiger partial charge on any atom is 0.0477 e. The molecule has 0 aromatic rings. The fourth-order valence-electron chi connectivity index (χ4n) is 1.49. The predicted octanol–water partition coefficient (Wildman–Crippen LogP) is 1.76. The molecule has 1 unspecified atom stereocenters. The van der Waals surface area contributed by atoms with Gasteiger partial charge in [-0.15, -0.1) is 0 Å². The van der Waals surface area contributed by atoms with E-state index in [0.29, 0.717) is 0 Å². The Balaban J connectivity index is 1.78. The van der Waals surface area contributed by atoms with Crippen LogP contribution in [0.4, 0.5) is 0 Å². The molecular formula is C10H21NOS. The fraction of sp³-hybridized carbons (Fsp3) is 1.00. The van der Waals surface area contributed by atoms with Crippen LogP contribution in [0, 0.1) is 5.92 Å². The molecule has 0 aliphatic carbocycles. The highest BCUT2D eigenvalue weighted by atomic mass is 32.2.